The fourth-order valence-corrected chi connectivity index (χ4v) is 5.24. The monoisotopic (exact) mass is 548 g/mol. The third-order valence-corrected chi connectivity index (χ3v) is 7.68. The maximum Gasteiger partial charge on any atom is 0.243 e. The lowest BCUT2D eigenvalue weighted by atomic mass is 10.1. The molecule has 204 valence electrons. The number of benzene rings is 3. The minimum atomic E-state index is -3.97. The second-order valence-corrected chi connectivity index (χ2v) is 11.2. The molecule has 1 N–H and O–H groups in total. The van der Waals surface area contributed by atoms with Gasteiger partial charge in [-0.05, 0) is 54.4 Å². The Morgan fingerprint density at radius 3 is 2.28 bits per heavy atom. The van der Waals surface area contributed by atoms with E-state index in [-0.39, 0.29) is 23.9 Å². The molecule has 9 nitrogen and oxygen atoms in total. The van der Waals surface area contributed by atoms with Crippen molar-refractivity contribution in [2.24, 2.45) is 0 Å². The van der Waals surface area contributed by atoms with E-state index in [1.165, 1.54) is 16.4 Å². The van der Waals surface area contributed by atoms with E-state index in [0.29, 0.717) is 36.2 Å². The van der Waals surface area contributed by atoms with E-state index < -0.39 is 15.9 Å². The van der Waals surface area contributed by atoms with Crippen LogP contribution < -0.4 is 10.1 Å². The molecule has 1 heterocycles. The van der Waals surface area contributed by atoms with E-state index in [1.807, 2.05) is 63.2 Å². The van der Waals surface area contributed by atoms with Crippen LogP contribution in [0, 0.1) is 0 Å². The van der Waals surface area contributed by atoms with Gasteiger partial charge >= 0.3 is 0 Å². The summed E-state index contributed by atoms with van der Waals surface area (Å²) in [7, 11) is -3.97. The van der Waals surface area contributed by atoms with E-state index in [2.05, 4.69) is 15.5 Å². The molecule has 0 unspecified atom stereocenters. The quantitative estimate of drug-likeness (QED) is 0.265. The Balaban J connectivity index is 1.46. The number of aromatic nitrogens is 2. The number of carbonyl (C=O) groups is 1. The van der Waals surface area contributed by atoms with Gasteiger partial charge in [0.15, 0.2) is 5.82 Å². The summed E-state index contributed by atoms with van der Waals surface area (Å²) in [4.78, 5) is 17.5. The van der Waals surface area contributed by atoms with Crippen LogP contribution in [-0.4, -0.2) is 41.9 Å². The van der Waals surface area contributed by atoms with Crippen LogP contribution in [0.1, 0.15) is 49.5 Å². The van der Waals surface area contributed by atoms with Crippen LogP contribution in [0.15, 0.2) is 88.3 Å². The van der Waals surface area contributed by atoms with Gasteiger partial charge in [-0.3, -0.25) is 4.79 Å². The van der Waals surface area contributed by atoms with E-state index >= 15 is 0 Å². The van der Waals surface area contributed by atoms with Crippen LogP contribution in [0.5, 0.6) is 5.75 Å². The lowest BCUT2D eigenvalue weighted by molar-refractivity contribution is -0.116. The Morgan fingerprint density at radius 2 is 1.67 bits per heavy atom. The van der Waals surface area contributed by atoms with E-state index in [4.69, 9.17) is 9.26 Å². The van der Waals surface area contributed by atoms with Crippen molar-refractivity contribution in [3.05, 3.63) is 102 Å². The molecule has 0 fully saturated rings. The molecule has 0 spiro atoms. The van der Waals surface area contributed by atoms with Crippen molar-refractivity contribution in [1.29, 1.82) is 0 Å². The number of hydrogen-bond acceptors (Lipinski definition) is 7. The number of nitrogens with one attached hydrogen (secondary N) is 1. The normalized spacial score (nSPS) is 11.6. The van der Waals surface area contributed by atoms with Gasteiger partial charge in [0.2, 0.25) is 21.8 Å². The van der Waals surface area contributed by atoms with Gasteiger partial charge < -0.3 is 14.6 Å². The fourth-order valence-electron chi connectivity index (χ4n) is 3.86. The molecule has 0 saturated heterocycles. The summed E-state index contributed by atoms with van der Waals surface area (Å²) in [5.74, 6) is 1.46. The summed E-state index contributed by atoms with van der Waals surface area (Å²) >= 11 is 0. The summed E-state index contributed by atoms with van der Waals surface area (Å²) in [5, 5.41) is 6.81. The van der Waals surface area contributed by atoms with Gasteiger partial charge in [-0.25, -0.2) is 8.42 Å². The molecule has 4 rings (SSSR count). The molecule has 3 aromatic carbocycles. The minimum absolute atomic E-state index is 0.0474. The zero-order valence-corrected chi connectivity index (χ0v) is 23.0. The van der Waals surface area contributed by atoms with Crippen molar-refractivity contribution in [2.75, 3.05) is 18.5 Å². The number of hydrogen-bond donors (Lipinski definition) is 1. The van der Waals surface area contributed by atoms with Crippen molar-refractivity contribution in [1.82, 2.24) is 14.4 Å². The van der Waals surface area contributed by atoms with Gasteiger partial charge in [-0.1, -0.05) is 61.5 Å². The highest BCUT2D eigenvalue weighted by molar-refractivity contribution is 7.89. The van der Waals surface area contributed by atoms with Crippen LogP contribution in [-0.2, 0) is 27.8 Å². The molecular weight excluding hydrogens is 516 g/mol. The van der Waals surface area contributed by atoms with Crippen molar-refractivity contribution in [3.8, 4) is 5.75 Å². The smallest absolute Gasteiger partial charge is 0.243 e. The van der Waals surface area contributed by atoms with Crippen molar-refractivity contribution in [2.45, 2.75) is 44.6 Å². The zero-order valence-electron chi connectivity index (χ0n) is 22.2. The lowest BCUT2D eigenvalue weighted by Gasteiger charge is -2.22. The van der Waals surface area contributed by atoms with Crippen LogP contribution in [0.2, 0.25) is 0 Å². The maximum atomic E-state index is 13.5. The molecule has 0 radical (unpaired) electrons. The number of sulfonamides is 1. The Bertz CT molecular complexity index is 1470. The first-order valence-corrected chi connectivity index (χ1v) is 14.2. The topological polar surface area (TPSA) is 115 Å². The van der Waals surface area contributed by atoms with E-state index in [0.717, 1.165) is 11.1 Å². The predicted molar refractivity (Wildman–Crippen MR) is 148 cm³/mol. The van der Waals surface area contributed by atoms with Gasteiger partial charge in [0, 0.05) is 24.6 Å². The number of nitrogens with zero attached hydrogens (tertiary/aromatic N) is 3. The first-order valence-electron chi connectivity index (χ1n) is 12.7. The number of ether oxygens (including phenoxy) is 1. The first kappa shape index (κ1) is 28.0. The lowest BCUT2D eigenvalue weighted by Crippen LogP contribution is -2.37. The SMILES string of the molecule is CCOc1ccc(S(=O)(=O)N(CC(=O)Nc2ccc(Cc3noc(C(C)C)n3)cc2)Cc2ccccc2)cc1. The van der Waals surface area contributed by atoms with Gasteiger partial charge in [-0.2, -0.15) is 9.29 Å². The first-order chi connectivity index (χ1) is 18.7. The summed E-state index contributed by atoms with van der Waals surface area (Å²) in [6.07, 6.45) is 0.496. The molecule has 0 aliphatic rings. The van der Waals surface area contributed by atoms with E-state index in [9.17, 15) is 13.2 Å². The summed E-state index contributed by atoms with van der Waals surface area (Å²) in [6.45, 7) is 6.00. The van der Waals surface area contributed by atoms with Crippen molar-refractivity contribution in [3.63, 3.8) is 0 Å². The molecule has 10 heteroatoms. The molecule has 1 amide bonds. The molecule has 0 saturated carbocycles. The number of rotatable bonds is 12. The Kier molecular flexibility index (Phi) is 9.11. The van der Waals surface area contributed by atoms with Crippen molar-refractivity contribution >= 4 is 21.6 Å². The van der Waals surface area contributed by atoms with E-state index in [1.54, 1.807) is 24.3 Å². The largest absolute Gasteiger partial charge is 0.494 e. The van der Waals surface area contributed by atoms with Gasteiger partial charge in [0.25, 0.3) is 0 Å². The summed E-state index contributed by atoms with van der Waals surface area (Å²) < 4.78 is 38.9. The summed E-state index contributed by atoms with van der Waals surface area (Å²) in [6, 6.07) is 22.6. The molecule has 0 aliphatic carbocycles. The second-order valence-electron chi connectivity index (χ2n) is 9.29. The molecule has 1 aromatic heterocycles. The average molecular weight is 549 g/mol. The number of carbonyl (C=O) groups excluding carboxylic acids is 1. The number of amides is 1. The highest BCUT2D eigenvalue weighted by Crippen LogP contribution is 2.22. The minimum Gasteiger partial charge on any atom is -0.494 e. The third kappa shape index (κ3) is 7.52. The van der Waals surface area contributed by atoms with Crippen molar-refractivity contribution < 1.29 is 22.5 Å². The molecular formula is C29H32N4O5S. The highest BCUT2D eigenvalue weighted by atomic mass is 32.2. The predicted octanol–water partition coefficient (Wildman–Crippen LogP) is 5.01. The Morgan fingerprint density at radius 1 is 0.974 bits per heavy atom. The van der Waals surface area contributed by atoms with Gasteiger partial charge in [0.1, 0.15) is 5.75 Å². The molecule has 0 aliphatic heterocycles. The third-order valence-electron chi connectivity index (χ3n) is 5.87. The molecule has 39 heavy (non-hydrogen) atoms. The summed E-state index contributed by atoms with van der Waals surface area (Å²) in [5.41, 5.74) is 2.27. The fraction of sp³-hybridized carbons (Fsp3) is 0.276. The second kappa shape index (κ2) is 12.7. The van der Waals surface area contributed by atoms with Crippen LogP contribution >= 0.6 is 0 Å². The maximum absolute atomic E-state index is 13.5. The Hall–Kier alpha value is -4.02. The van der Waals surface area contributed by atoms with Crippen LogP contribution in [0.4, 0.5) is 5.69 Å². The Labute approximate surface area is 228 Å². The van der Waals surface area contributed by atoms with Crippen LogP contribution in [0.25, 0.3) is 0 Å². The molecule has 4 aromatic rings. The standard InChI is InChI=1S/C29H32N4O5S/c1-4-37-25-14-16-26(17-15-25)39(35,36)33(19-23-8-6-5-7-9-23)20-28(34)30-24-12-10-22(11-13-24)18-27-31-29(21(2)3)38-32-27/h5-17,21H,4,18-20H2,1-3H3,(H,30,34). The molecule has 0 atom stereocenters. The van der Waals surface area contributed by atoms with Gasteiger partial charge in [-0.15, -0.1) is 0 Å². The van der Waals surface area contributed by atoms with Gasteiger partial charge in [0.05, 0.1) is 18.0 Å². The number of anilines is 1. The highest BCUT2D eigenvalue weighted by Gasteiger charge is 2.27. The molecule has 0 bridgehead atoms. The van der Waals surface area contributed by atoms with Crippen LogP contribution in [0.3, 0.4) is 0 Å². The average Bonchev–Trinajstić information content (AvgIpc) is 3.39. The zero-order chi connectivity index (χ0) is 27.8.